The minimum Gasteiger partial charge on any atom is -0.346 e. The lowest BCUT2D eigenvalue weighted by Gasteiger charge is -2.14. The van der Waals surface area contributed by atoms with Gasteiger partial charge in [0, 0.05) is 22.8 Å². The second-order valence-corrected chi connectivity index (χ2v) is 6.21. The molecular weight excluding hydrogens is 250 g/mol. The Hall–Kier alpha value is -0.910. The van der Waals surface area contributed by atoms with Gasteiger partial charge in [-0.2, -0.15) is 0 Å². The lowest BCUT2D eigenvalue weighted by molar-refractivity contribution is 0.824. The smallest absolute Gasteiger partial charge is 0.185 e. The van der Waals surface area contributed by atoms with Crippen molar-refractivity contribution < 1.29 is 0 Å². The average Bonchev–Trinajstić information content (AvgIpc) is 2.86. The van der Waals surface area contributed by atoms with Crippen LogP contribution >= 0.6 is 22.7 Å². The highest BCUT2D eigenvalue weighted by molar-refractivity contribution is 7.15. The molecule has 2 aromatic heterocycles. The molecule has 0 aliphatic heterocycles. The molecule has 2 rings (SSSR count). The maximum absolute atomic E-state index is 5.92. The predicted octanol–water partition coefficient (Wildman–Crippen LogP) is 3.17. The van der Waals surface area contributed by atoms with Crippen molar-refractivity contribution in [3.63, 3.8) is 0 Å². The molecule has 17 heavy (non-hydrogen) atoms. The number of anilines is 1. The lowest BCUT2D eigenvalue weighted by atomic mass is 10.2. The molecule has 2 N–H and O–H groups in total. The number of nitrogens with zero attached hydrogens (tertiary/aromatic N) is 2. The zero-order valence-corrected chi connectivity index (χ0v) is 11.9. The highest BCUT2D eigenvalue weighted by Crippen LogP contribution is 2.30. The molecule has 0 radical (unpaired) electrons. The van der Waals surface area contributed by atoms with Crippen LogP contribution in [0.15, 0.2) is 17.5 Å². The fourth-order valence-corrected chi connectivity index (χ4v) is 3.42. The Kier molecular flexibility index (Phi) is 3.81. The first-order valence-corrected chi connectivity index (χ1v) is 7.24. The molecule has 0 aliphatic carbocycles. The summed E-state index contributed by atoms with van der Waals surface area (Å²) in [5.74, 6) is 0. The Morgan fingerprint density at radius 1 is 1.53 bits per heavy atom. The van der Waals surface area contributed by atoms with Gasteiger partial charge in [-0.25, -0.2) is 4.98 Å². The predicted molar refractivity (Wildman–Crippen MR) is 75.9 cm³/mol. The van der Waals surface area contributed by atoms with E-state index in [-0.39, 0.29) is 6.04 Å². The van der Waals surface area contributed by atoms with E-state index in [1.807, 2.05) is 13.8 Å². The molecular formula is C12H17N3S2. The van der Waals surface area contributed by atoms with Gasteiger partial charge in [-0.15, -0.1) is 22.7 Å². The molecule has 0 spiro atoms. The van der Waals surface area contributed by atoms with Crippen LogP contribution in [-0.4, -0.2) is 12.0 Å². The van der Waals surface area contributed by atoms with Crippen molar-refractivity contribution in [1.29, 1.82) is 0 Å². The summed E-state index contributed by atoms with van der Waals surface area (Å²) in [5.41, 5.74) is 6.97. The van der Waals surface area contributed by atoms with Gasteiger partial charge in [0.2, 0.25) is 0 Å². The summed E-state index contributed by atoms with van der Waals surface area (Å²) < 4.78 is 0. The minimum absolute atomic E-state index is 0.0661. The fraction of sp³-hybridized carbons (Fsp3) is 0.417. The van der Waals surface area contributed by atoms with Gasteiger partial charge in [0.05, 0.1) is 12.2 Å². The van der Waals surface area contributed by atoms with E-state index >= 15 is 0 Å². The first-order chi connectivity index (χ1) is 8.08. The third kappa shape index (κ3) is 2.86. The van der Waals surface area contributed by atoms with Gasteiger partial charge in [0.25, 0.3) is 0 Å². The first-order valence-electron chi connectivity index (χ1n) is 5.54. The van der Waals surface area contributed by atoms with Crippen LogP contribution < -0.4 is 10.6 Å². The Labute approximate surface area is 110 Å². The quantitative estimate of drug-likeness (QED) is 0.925. The van der Waals surface area contributed by atoms with Crippen LogP contribution in [0.25, 0.3) is 0 Å². The van der Waals surface area contributed by atoms with Crippen molar-refractivity contribution in [3.8, 4) is 0 Å². The van der Waals surface area contributed by atoms with Crippen molar-refractivity contribution in [2.75, 3.05) is 11.9 Å². The molecule has 0 bridgehead atoms. The van der Waals surface area contributed by atoms with Gasteiger partial charge in [0.15, 0.2) is 5.13 Å². The largest absolute Gasteiger partial charge is 0.346 e. The average molecular weight is 267 g/mol. The second kappa shape index (κ2) is 5.16. The van der Waals surface area contributed by atoms with Gasteiger partial charge in [0.1, 0.15) is 0 Å². The van der Waals surface area contributed by atoms with Gasteiger partial charge in [-0.1, -0.05) is 6.07 Å². The van der Waals surface area contributed by atoms with Crippen molar-refractivity contribution in [3.05, 3.63) is 33.0 Å². The molecule has 1 atom stereocenters. The van der Waals surface area contributed by atoms with E-state index in [9.17, 15) is 0 Å². The summed E-state index contributed by atoms with van der Waals surface area (Å²) in [4.78, 5) is 9.29. The van der Waals surface area contributed by atoms with Crippen molar-refractivity contribution >= 4 is 27.8 Å². The molecule has 0 fully saturated rings. The molecule has 3 nitrogen and oxygen atoms in total. The Morgan fingerprint density at radius 3 is 2.82 bits per heavy atom. The highest BCUT2D eigenvalue weighted by Gasteiger charge is 2.14. The van der Waals surface area contributed by atoms with Crippen LogP contribution in [0.3, 0.4) is 0 Å². The number of aromatic nitrogens is 1. The van der Waals surface area contributed by atoms with E-state index in [4.69, 9.17) is 5.73 Å². The van der Waals surface area contributed by atoms with Crippen LogP contribution in [0.1, 0.15) is 28.4 Å². The number of rotatable bonds is 4. The SMILES string of the molecule is Cc1nc(N(C)Cc2cccs2)sc1C(C)N. The van der Waals surface area contributed by atoms with Gasteiger partial charge in [-0.3, -0.25) is 0 Å². The summed E-state index contributed by atoms with van der Waals surface area (Å²) in [6, 6.07) is 4.29. The standard InChI is InChI=1S/C12H17N3S2/c1-8(13)11-9(2)14-12(17-11)15(3)7-10-5-4-6-16-10/h4-6,8H,7,13H2,1-3H3. The number of hydrogen-bond acceptors (Lipinski definition) is 5. The maximum Gasteiger partial charge on any atom is 0.185 e. The van der Waals surface area contributed by atoms with Crippen molar-refractivity contribution in [2.45, 2.75) is 26.4 Å². The normalized spacial score (nSPS) is 12.7. The van der Waals surface area contributed by atoms with Gasteiger partial charge < -0.3 is 10.6 Å². The van der Waals surface area contributed by atoms with E-state index in [0.29, 0.717) is 0 Å². The topological polar surface area (TPSA) is 42.2 Å². The summed E-state index contributed by atoms with van der Waals surface area (Å²) in [6.07, 6.45) is 0. The van der Waals surface area contributed by atoms with Crippen LogP contribution in [0.4, 0.5) is 5.13 Å². The number of hydrogen-bond donors (Lipinski definition) is 1. The van der Waals surface area contributed by atoms with Crippen LogP contribution in [0, 0.1) is 6.92 Å². The third-order valence-electron chi connectivity index (χ3n) is 2.53. The van der Waals surface area contributed by atoms with E-state index in [1.165, 1.54) is 9.75 Å². The van der Waals surface area contributed by atoms with Crippen LogP contribution in [0.5, 0.6) is 0 Å². The van der Waals surface area contributed by atoms with Crippen LogP contribution in [0.2, 0.25) is 0 Å². The molecule has 2 heterocycles. The van der Waals surface area contributed by atoms with Crippen molar-refractivity contribution in [1.82, 2.24) is 4.98 Å². The molecule has 0 saturated carbocycles. The molecule has 0 saturated heterocycles. The Bertz CT molecular complexity index is 474. The zero-order chi connectivity index (χ0) is 12.4. The Balaban J connectivity index is 2.14. The summed E-state index contributed by atoms with van der Waals surface area (Å²) in [5, 5.41) is 3.15. The monoisotopic (exact) mass is 267 g/mol. The molecule has 0 amide bonds. The van der Waals surface area contributed by atoms with Gasteiger partial charge in [-0.05, 0) is 25.3 Å². The number of thiophene rings is 1. The fourth-order valence-electron chi connectivity index (χ4n) is 1.68. The van der Waals surface area contributed by atoms with E-state index in [1.54, 1.807) is 22.7 Å². The second-order valence-electron chi connectivity index (χ2n) is 4.17. The zero-order valence-electron chi connectivity index (χ0n) is 10.3. The van der Waals surface area contributed by atoms with E-state index in [0.717, 1.165) is 17.4 Å². The van der Waals surface area contributed by atoms with E-state index < -0.39 is 0 Å². The number of aryl methyl sites for hydroxylation is 1. The van der Waals surface area contributed by atoms with Crippen LogP contribution in [-0.2, 0) is 6.54 Å². The maximum atomic E-state index is 5.92. The van der Waals surface area contributed by atoms with Gasteiger partial charge >= 0.3 is 0 Å². The number of thiazole rings is 1. The summed E-state index contributed by atoms with van der Waals surface area (Å²) in [7, 11) is 2.07. The lowest BCUT2D eigenvalue weighted by Crippen LogP contribution is -2.15. The summed E-state index contributed by atoms with van der Waals surface area (Å²) in [6.45, 7) is 4.93. The highest BCUT2D eigenvalue weighted by atomic mass is 32.1. The number of nitrogens with two attached hydrogens (primary N) is 1. The van der Waals surface area contributed by atoms with E-state index in [2.05, 4.69) is 34.4 Å². The molecule has 2 aromatic rings. The molecule has 0 aromatic carbocycles. The minimum atomic E-state index is 0.0661. The summed E-state index contributed by atoms with van der Waals surface area (Å²) >= 11 is 3.47. The third-order valence-corrected chi connectivity index (χ3v) is 4.87. The van der Waals surface area contributed by atoms with Crippen molar-refractivity contribution in [2.24, 2.45) is 5.73 Å². The molecule has 5 heteroatoms. The molecule has 0 aliphatic rings. The molecule has 1 unspecified atom stereocenters. The first kappa shape index (κ1) is 12.5. The Morgan fingerprint density at radius 2 is 2.29 bits per heavy atom. The molecule has 92 valence electrons.